The van der Waals surface area contributed by atoms with Crippen LogP contribution in [-0.2, 0) is 22.4 Å². The van der Waals surface area contributed by atoms with E-state index in [-0.39, 0.29) is 6.42 Å². The first kappa shape index (κ1) is 12.1. The molecule has 1 unspecified atom stereocenters. The van der Waals surface area contributed by atoms with Crippen LogP contribution in [0.15, 0.2) is 18.2 Å². The van der Waals surface area contributed by atoms with Gasteiger partial charge in [0.1, 0.15) is 0 Å². The second kappa shape index (κ2) is 4.49. The number of carbonyl (C=O) groups is 1. The summed E-state index contributed by atoms with van der Waals surface area (Å²) in [4.78, 5) is 10.9. The molecule has 0 heterocycles. The van der Waals surface area contributed by atoms with Gasteiger partial charge in [-0.3, -0.25) is 4.79 Å². The lowest BCUT2D eigenvalue weighted by Gasteiger charge is -2.36. The molecule has 1 aromatic carbocycles. The largest absolute Gasteiger partial charge is 0.481 e. The highest BCUT2D eigenvalue weighted by Gasteiger charge is 2.37. The summed E-state index contributed by atoms with van der Waals surface area (Å²) in [5, 5.41) is 9.00. The molecule has 1 aromatic rings. The molecule has 0 amide bonds. The van der Waals surface area contributed by atoms with Gasteiger partial charge in [-0.05, 0) is 36.5 Å². The van der Waals surface area contributed by atoms with Crippen LogP contribution in [0.4, 0.5) is 0 Å². The van der Waals surface area contributed by atoms with Gasteiger partial charge in [0.25, 0.3) is 0 Å². The minimum absolute atomic E-state index is 0.0806. The molecule has 0 bridgehead atoms. The standard InChI is InChI=1S/C14H18O3/c1-10-4-3-5-11-6-7-14(17-2,8-12(10)11)9-13(15)16/h3-5H,6-9H2,1-2H3,(H,15,16). The third-order valence-corrected chi connectivity index (χ3v) is 3.76. The number of aliphatic carboxylic acids is 1. The Morgan fingerprint density at radius 1 is 1.53 bits per heavy atom. The summed E-state index contributed by atoms with van der Waals surface area (Å²) in [6.07, 6.45) is 2.47. The first-order valence-corrected chi connectivity index (χ1v) is 5.91. The first-order chi connectivity index (χ1) is 8.06. The molecular formula is C14H18O3. The Kier molecular flexibility index (Phi) is 3.20. The summed E-state index contributed by atoms with van der Waals surface area (Å²) in [5.41, 5.74) is 3.31. The molecule has 92 valence electrons. The fourth-order valence-electron chi connectivity index (χ4n) is 2.70. The van der Waals surface area contributed by atoms with Crippen LogP contribution in [0.3, 0.4) is 0 Å². The molecule has 1 aliphatic carbocycles. The minimum Gasteiger partial charge on any atom is -0.481 e. The maximum absolute atomic E-state index is 10.9. The molecule has 3 nitrogen and oxygen atoms in total. The number of methoxy groups -OCH3 is 1. The first-order valence-electron chi connectivity index (χ1n) is 5.91. The highest BCUT2D eigenvalue weighted by Crippen LogP contribution is 2.35. The van der Waals surface area contributed by atoms with Crippen LogP contribution in [0.5, 0.6) is 0 Å². The van der Waals surface area contributed by atoms with E-state index in [9.17, 15) is 4.79 Å². The molecule has 0 fully saturated rings. The van der Waals surface area contributed by atoms with Gasteiger partial charge in [-0.2, -0.15) is 0 Å². The van der Waals surface area contributed by atoms with Crippen molar-refractivity contribution < 1.29 is 14.6 Å². The van der Waals surface area contributed by atoms with Crippen molar-refractivity contribution in [2.24, 2.45) is 0 Å². The SMILES string of the molecule is COC1(CC(=O)O)CCc2cccc(C)c2C1. The number of carboxylic acid groups (broad SMARTS) is 1. The molecule has 0 saturated heterocycles. The van der Waals surface area contributed by atoms with E-state index in [4.69, 9.17) is 9.84 Å². The topological polar surface area (TPSA) is 46.5 Å². The van der Waals surface area contributed by atoms with Crippen molar-refractivity contribution in [3.63, 3.8) is 0 Å². The third kappa shape index (κ3) is 2.34. The number of aryl methyl sites for hydroxylation is 2. The van der Waals surface area contributed by atoms with Gasteiger partial charge in [0.05, 0.1) is 12.0 Å². The Balaban J connectivity index is 2.32. The third-order valence-electron chi connectivity index (χ3n) is 3.76. The molecular weight excluding hydrogens is 216 g/mol. The van der Waals surface area contributed by atoms with Crippen molar-refractivity contribution in [3.05, 3.63) is 34.9 Å². The lowest BCUT2D eigenvalue weighted by molar-refractivity contribution is -0.144. The molecule has 0 spiro atoms. The predicted octanol–water partition coefficient (Wildman–Crippen LogP) is 2.34. The van der Waals surface area contributed by atoms with Crippen LogP contribution in [0.2, 0.25) is 0 Å². The van der Waals surface area contributed by atoms with Crippen molar-refractivity contribution >= 4 is 5.97 Å². The van der Waals surface area contributed by atoms with Gasteiger partial charge >= 0.3 is 5.97 Å². The van der Waals surface area contributed by atoms with Gasteiger partial charge in [0.15, 0.2) is 0 Å². The summed E-state index contributed by atoms with van der Waals surface area (Å²) in [6.45, 7) is 2.07. The number of hydrogen-bond donors (Lipinski definition) is 1. The Morgan fingerprint density at radius 2 is 2.29 bits per heavy atom. The Labute approximate surface area is 101 Å². The average Bonchev–Trinajstić information content (AvgIpc) is 2.29. The quantitative estimate of drug-likeness (QED) is 0.873. The molecule has 0 saturated carbocycles. The molecule has 3 heteroatoms. The van der Waals surface area contributed by atoms with Crippen LogP contribution in [0.1, 0.15) is 29.5 Å². The zero-order valence-electron chi connectivity index (χ0n) is 10.3. The van der Waals surface area contributed by atoms with Crippen LogP contribution >= 0.6 is 0 Å². The Bertz CT molecular complexity index is 439. The summed E-state index contributed by atoms with van der Waals surface area (Å²) in [7, 11) is 1.62. The van der Waals surface area contributed by atoms with Crippen molar-refractivity contribution in [1.82, 2.24) is 0 Å². The molecule has 0 aromatic heterocycles. The molecule has 1 aliphatic rings. The zero-order valence-corrected chi connectivity index (χ0v) is 10.3. The van der Waals surface area contributed by atoms with E-state index >= 15 is 0 Å². The van der Waals surface area contributed by atoms with Crippen LogP contribution in [-0.4, -0.2) is 23.8 Å². The van der Waals surface area contributed by atoms with E-state index in [0.29, 0.717) is 6.42 Å². The van der Waals surface area contributed by atoms with Crippen molar-refractivity contribution in [1.29, 1.82) is 0 Å². The van der Waals surface area contributed by atoms with Crippen molar-refractivity contribution in [2.45, 2.75) is 38.2 Å². The fourth-order valence-corrected chi connectivity index (χ4v) is 2.70. The van der Waals surface area contributed by atoms with Gasteiger partial charge in [-0.25, -0.2) is 0 Å². The van der Waals surface area contributed by atoms with E-state index in [1.165, 1.54) is 16.7 Å². The second-order valence-electron chi connectivity index (χ2n) is 4.85. The van der Waals surface area contributed by atoms with Gasteiger partial charge in [0, 0.05) is 13.5 Å². The molecule has 17 heavy (non-hydrogen) atoms. The lowest BCUT2D eigenvalue weighted by atomic mass is 9.77. The number of ether oxygens (including phenoxy) is 1. The van der Waals surface area contributed by atoms with E-state index in [1.54, 1.807) is 7.11 Å². The van der Waals surface area contributed by atoms with Gasteiger partial charge in [0.2, 0.25) is 0 Å². The smallest absolute Gasteiger partial charge is 0.306 e. The molecule has 0 radical (unpaired) electrons. The molecule has 2 rings (SSSR count). The maximum atomic E-state index is 10.9. The number of benzene rings is 1. The van der Waals surface area contributed by atoms with E-state index in [0.717, 1.165) is 12.8 Å². The zero-order chi connectivity index (χ0) is 12.5. The monoisotopic (exact) mass is 234 g/mol. The van der Waals surface area contributed by atoms with Gasteiger partial charge < -0.3 is 9.84 Å². The van der Waals surface area contributed by atoms with Crippen LogP contribution in [0.25, 0.3) is 0 Å². The summed E-state index contributed by atoms with van der Waals surface area (Å²) >= 11 is 0. The molecule has 1 atom stereocenters. The molecule has 1 N–H and O–H groups in total. The van der Waals surface area contributed by atoms with Crippen LogP contribution < -0.4 is 0 Å². The number of hydrogen-bond acceptors (Lipinski definition) is 2. The van der Waals surface area contributed by atoms with E-state index < -0.39 is 11.6 Å². The number of carboxylic acids is 1. The summed E-state index contributed by atoms with van der Waals surface area (Å²) in [6, 6.07) is 6.26. The van der Waals surface area contributed by atoms with Gasteiger partial charge in [-0.15, -0.1) is 0 Å². The number of rotatable bonds is 3. The summed E-state index contributed by atoms with van der Waals surface area (Å²) in [5.74, 6) is -0.788. The average molecular weight is 234 g/mol. The summed E-state index contributed by atoms with van der Waals surface area (Å²) < 4.78 is 5.52. The molecule has 0 aliphatic heterocycles. The van der Waals surface area contributed by atoms with Crippen molar-refractivity contribution in [2.75, 3.05) is 7.11 Å². The van der Waals surface area contributed by atoms with Crippen LogP contribution in [0, 0.1) is 6.92 Å². The Morgan fingerprint density at radius 3 is 2.94 bits per heavy atom. The minimum atomic E-state index is -0.788. The Hall–Kier alpha value is -1.35. The van der Waals surface area contributed by atoms with Gasteiger partial charge in [-0.1, -0.05) is 18.2 Å². The van der Waals surface area contributed by atoms with E-state index in [2.05, 4.69) is 25.1 Å². The maximum Gasteiger partial charge on any atom is 0.306 e. The fraction of sp³-hybridized carbons (Fsp3) is 0.500. The lowest BCUT2D eigenvalue weighted by Crippen LogP contribution is -2.40. The highest BCUT2D eigenvalue weighted by atomic mass is 16.5. The normalized spacial score (nSPS) is 23.2. The second-order valence-corrected chi connectivity index (χ2v) is 4.85. The van der Waals surface area contributed by atoms with Crippen molar-refractivity contribution in [3.8, 4) is 0 Å². The van der Waals surface area contributed by atoms with E-state index in [1.807, 2.05) is 0 Å². The predicted molar refractivity (Wildman–Crippen MR) is 65.2 cm³/mol. The highest BCUT2D eigenvalue weighted by molar-refractivity contribution is 5.68. The number of fused-ring (bicyclic) bond motifs is 1.